The van der Waals surface area contributed by atoms with Crippen LogP contribution in [0.1, 0.15) is 0 Å². The monoisotopic (exact) mass is 422 g/mol. The van der Waals surface area contributed by atoms with Gasteiger partial charge in [-0.3, -0.25) is 4.79 Å². The molecule has 1 heterocycles. The van der Waals surface area contributed by atoms with Gasteiger partial charge in [0.05, 0.1) is 5.69 Å². The number of ether oxygens (including phenoxy) is 1. The lowest BCUT2D eigenvalue weighted by atomic mass is 10.1. The number of carboxylic acid groups (broad SMARTS) is 1. The van der Waals surface area contributed by atoms with E-state index in [4.69, 9.17) is 5.11 Å². The molecule has 0 fully saturated rings. The highest BCUT2D eigenvalue weighted by atomic mass is 19.4. The summed E-state index contributed by atoms with van der Waals surface area (Å²) >= 11 is 0. The number of hydrogen-bond donors (Lipinski definition) is 3. The zero-order valence-corrected chi connectivity index (χ0v) is 15.1. The van der Waals surface area contributed by atoms with Gasteiger partial charge in [0.25, 0.3) is 0 Å². The van der Waals surface area contributed by atoms with Crippen molar-refractivity contribution < 1.29 is 32.2 Å². The van der Waals surface area contributed by atoms with Crippen LogP contribution >= 0.6 is 0 Å². The van der Waals surface area contributed by atoms with Crippen molar-refractivity contribution in [2.75, 3.05) is 17.2 Å². The Morgan fingerprint density at radius 3 is 2.47 bits per heavy atom. The lowest BCUT2D eigenvalue weighted by molar-refractivity contribution is -0.274. The fourth-order valence-corrected chi connectivity index (χ4v) is 2.43. The van der Waals surface area contributed by atoms with E-state index >= 15 is 0 Å². The van der Waals surface area contributed by atoms with E-state index in [1.807, 2.05) is 0 Å². The molecule has 156 valence electrons. The molecule has 3 N–H and O–H groups in total. The zero-order chi connectivity index (χ0) is 21.7. The predicted molar refractivity (Wildman–Crippen MR) is 100.0 cm³/mol. The lowest BCUT2D eigenvalue weighted by Gasteiger charge is -2.12. The standard InChI is InChI=1S/C19H14F4N4O3/c20-12-4-6-13(7-5-12)25-16-9-15(26-18(27-16)24-10-17(28)29)11-2-1-3-14(8-11)30-19(21,22)23/h1-9H,10H2,(H,28,29)(H2,24,25,26,27). The number of alkyl halides is 3. The van der Waals surface area contributed by atoms with Gasteiger partial charge in [0.15, 0.2) is 0 Å². The van der Waals surface area contributed by atoms with Crippen molar-refractivity contribution in [2.24, 2.45) is 0 Å². The van der Waals surface area contributed by atoms with Crippen LogP contribution in [-0.4, -0.2) is 34.0 Å². The maximum atomic E-state index is 13.1. The number of anilines is 3. The van der Waals surface area contributed by atoms with Crippen LogP contribution in [0.15, 0.2) is 54.6 Å². The minimum atomic E-state index is -4.85. The summed E-state index contributed by atoms with van der Waals surface area (Å²) in [5, 5.41) is 14.3. The number of rotatable bonds is 7. The molecule has 0 radical (unpaired) electrons. The van der Waals surface area contributed by atoms with E-state index < -0.39 is 30.4 Å². The number of aromatic nitrogens is 2. The zero-order valence-electron chi connectivity index (χ0n) is 15.1. The first-order valence-corrected chi connectivity index (χ1v) is 8.41. The molecular weight excluding hydrogens is 408 g/mol. The Morgan fingerprint density at radius 2 is 1.80 bits per heavy atom. The average molecular weight is 422 g/mol. The Labute approximate surface area is 167 Å². The van der Waals surface area contributed by atoms with E-state index in [-0.39, 0.29) is 23.0 Å². The van der Waals surface area contributed by atoms with Gasteiger partial charge in [-0.15, -0.1) is 13.2 Å². The number of hydrogen-bond acceptors (Lipinski definition) is 6. The average Bonchev–Trinajstić information content (AvgIpc) is 2.67. The number of nitrogens with zero attached hydrogens (tertiary/aromatic N) is 2. The Morgan fingerprint density at radius 1 is 1.07 bits per heavy atom. The third kappa shape index (κ3) is 6.06. The van der Waals surface area contributed by atoms with Gasteiger partial charge in [-0.2, -0.15) is 4.98 Å². The summed E-state index contributed by atoms with van der Waals surface area (Å²) in [5.41, 5.74) is 0.967. The van der Waals surface area contributed by atoms with Crippen LogP contribution in [0.3, 0.4) is 0 Å². The van der Waals surface area contributed by atoms with Gasteiger partial charge < -0.3 is 20.5 Å². The summed E-state index contributed by atoms with van der Waals surface area (Å²) in [6.45, 7) is -0.476. The van der Waals surface area contributed by atoms with Gasteiger partial charge in [0.2, 0.25) is 5.95 Å². The number of nitrogens with one attached hydrogen (secondary N) is 2. The molecule has 0 unspecified atom stereocenters. The molecule has 0 aliphatic heterocycles. The van der Waals surface area contributed by atoms with Crippen LogP contribution in [-0.2, 0) is 4.79 Å². The first kappa shape index (κ1) is 20.8. The molecule has 0 atom stereocenters. The molecule has 0 aliphatic rings. The van der Waals surface area contributed by atoms with Crippen LogP contribution in [0.5, 0.6) is 5.75 Å². The third-order valence-corrected chi connectivity index (χ3v) is 3.60. The van der Waals surface area contributed by atoms with Crippen LogP contribution in [0, 0.1) is 5.82 Å². The molecule has 30 heavy (non-hydrogen) atoms. The Bertz CT molecular complexity index is 1040. The third-order valence-electron chi connectivity index (χ3n) is 3.60. The Kier molecular flexibility index (Phi) is 6.00. The van der Waals surface area contributed by atoms with Gasteiger partial charge in [-0.25, -0.2) is 9.37 Å². The Balaban J connectivity index is 1.96. The summed E-state index contributed by atoms with van der Waals surface area (Å²) in [7, 11) is 0. The van der Waals surface area contributed by atoms with Gasteiger partial charge in [-0.05, 0) is 36.4 Å². The summed E-state index contributed by atoms with van der Waals surface area (Å²) < 4.78 is 54.5. The van der Waals surface area contributed by atoms with Crippen molar-refractivity contribution >= 4 is 23.4 Å². The van der Waals surface area contributed by atoms with Gasteiger partial charge in [-0.1, -0.05) is 12.1 Å². The van der Waals surface area contributed by atoms with Crippen molar-refractivity contribution in [3.63, 3.8) is 0 Å². The van der Waals surface area contributed by atoms with E-state index in [1.54, 1.807) is 0 Å². The number of carbonyl (C=O) groups is 1. The number of benzene rings is 2. The number of carboxylic acids is 1. The summed E-state index contributed by atoms with van der Waals surface area (Å²) in [4.78, 5) is 19.1. The maximum absolute atomic E-state index is 13.1. The second-order valence-corrected chi connectivity index (χ2v) is 5.92. The largest absolute Gasteiger partial charge is 0.573 e. The fourth-order valence-electron chi connectivity index (χ4n) is 2.43. The summed E-state index contributed by atoms with van der Waals surface area (Å²) in [6, 6.07) is 12.0. The van der Waals surface area contributed by atoms with Crippen LogP contribution in [0.25, 0.3) is 11.3 Å². The van der Waals surface area contributed by atoms with Crippen LogP contribution < -0.4 is 15.4 Å². The molecule has 7 nitrogen and oxygen atoms in total. The van der Waals surface area contributed by atoms with Gasteiger partial charge in [0, 0.05) is 17.3 Å². The summed E-state index contributed by atoms with van der Waals surface area (Å²) in [6.07, 6.45) is -4.85. The minimum absolute atomic E-state index is 0.0679. The normalized spacial score (nSPS) is 11.1. The molecule has 11 heteroatoms. The highest BCUT2D eigenvalue weighted by Gasteiger charge is 2.31. The van der Waals surface area contributed by atoms with E-state index in [0.29, 0.717) is 5.69 Å². The molecule has 3 rings (SSSR count). The van der Waals surface area contributed by atoms with E-state index in [0.717, 1.165) is 12.1 Å². The van der Waals surface area contributed by atoms with Crippen molar-refractivity contribution in [2.45, 2.75) is 6.36 Å². The number of aliphatic carboxylic acids is 1. The van der Waals surface area contributed by atoms with Gasteiger partial charge >= 0.3 is 12.3 Å². The van der Waals surface area contributed by atoms with Crippen LogP contribution in [0.2, 0.25) is 0 Å². The smallest absolute Gasteiger partial charge is 0.480 e. The maximum Gasteiger partial charge on any atom is 0.573 e. The SMILES string of the molecule is O=C(O)CNc1nc(Nc2ccc(F)cc2)cc(-c2cccc(OC(F)(F)F)c2)n1. The van der Waals surface area contributed by atoms with E-state index in [2.05, 4.69) is 25.3 Å². The first-order chi connectivity index (χ1) is 14.2. The van der Waals surface area contributed by atoms with E-state index in [9.17, 15) is 22.4 Å². The van der Waals surface area contributed by atoms with Crippen molar-refractivity contribution in [3.8, 4) is 17.0 Å². The highest BCUT2D eigenvalue weighted by molar-refractivity contribution is 5.73. The van der Waals surface area contributed by atoms with Crippen molar-refractivity contribution in [1.29, 1.82) is 0 Å². The van der Waals surface area contributed by atoms with Crippen molar-refractivity contribution in [1.82, 2.24) is 9.97 Å². The predicted octanol–water partition coefficient (Wildman–Crippen LogP) is 4.42. The van der Waals surface area contributed by atoms with Crippen molar-refractivity contribution in [3.05, 3.63) is 60.4 Å². The molecular formula is C19H14F4N4O3. The quantitative estimate of drug-likeness (QED) is 0.485. The molecule has 0 saturated heterocycles. The molecule has 1 aromatic heterocycles. The molecule has 3 aromatic rings. The molecule has 0 bridgehead atoms. The molecule has 0 saturated carbocycles. The minimum Gasteiger partial charge on any atom is -0.480 e. The molecule has 2 aromatic carbocycles. The molecule has 0 aliphatic carbocycles. The van der Waals surface area contributed by atoms with Gasteiger partial charge in [0.1, 0.15) is 23.9 Å². The molecule has 0 amide bonds. The lowest BCUT2D eigenvalue weighted by Crippen LogP contribution is -2.17. The fraction of sp³-hybridized carbons (Fsp3) is 0.105. The van der Waals surface area contributed by atoms with Crippen LogP contribution in [0.4, 0.5) is 35.0 Å². The summed E-state index contributed by atoms with van der Waals surface area (Å²) in [5.74, 6) is -1.89. The second kappa shape index (κ2) is 8.64. The number of halogens is 4. The topological polar surface area (TPSA) is 96.4 Å². The molecule has 0 spiro atoms. The highest BCUT2D eigenvalue weighted by Crippen LogP contribution is 2.29. The first-order valence-electron chi connectivity index (χ1n) is 8.41. The Hall–Kier alpha value is -3.89. The van der Waals surface area contributed by atoms with E-state index in [1.165, 1.54) is 42.5 Å². The second-order valence-electron chi connectivity index (χ2n) is 5.92.